The second-order valence-corrected chi connectivity index (χ2v) is 6.30. The molecule has 1 heterocycles. The highest BCUT2D eigenvalue weighted by molar-refractivity contribution is 5.34. The molecule has 1 aromatic carbocycles. The maximum atomic E-state index is 13.5. The molecule has 2 fully saturated rings. The zero-order chi connectivity index (χ0) is 15.8. The highest BCUT2D eigenvalue weighted by Crippen LogP contribution is 2.43. The van der Waals surface area contributed by atoms with Crippen molar-refractivity contribution < 1.29 is 17.6 Å². The third-order valence-electron chi connectivity index (χ3n) is 4.88. The molecule has 0 bridgehead atoms. The first-order chi connectivity index (χ1) is 10.4. The fraction of sp³-hybridized carbons (Fsp3) is 0.625. The van der Waals surface area contributed by atoms with Gasteiger partial charge in [-0.15, -0.1) is 0 Å². The number of hydrogen-bond acceptors (Lipinski definition) is 2. The predicted molar refractivity (Wildman–Crippen MR) is 76.0 cm³/mol. The van der Waals surface area contributed by atoms with Crippen LogP contribution in [-0.4, -0.2) is 19.1 Å². The normalized spacial score (nSPS) is 24.3. The fourth-order valence-corrected chi connectivity index (χ4v) is 3.39. The molecule has 0 aromatic heterocycles. The zero-order valence-corrected chi connectivity index (χ0v) is 12.3. The Kier molecular flexibility index (Phi) is 4.16. The Morgan fingerprint density at radius 1 is 1.23 bits per heavy atom. The molecular weight excluding hydrogens is 296 g/mol. The summed E-state index contributed by atoms with van der Waals surface area (Å²) in [5.74, 6) is -1.21. The summed E-state index contributed by atoms with van der Waals surface area (Å²) in [6, 6.07) is 3.77. The van der Waals surface area contributed by atoms with E-state index in [2.05, 4.69) is 10.6 Å². The van der Waals surface area contributed by atoms with Crippen molar-refractivity contribution in [2.45, 2.75) is 49.9 Å². The maximum Gasteiger partial charge on any atom is 0.419 e. The Balaban J connectivity index is 1.80. The molecular formula is C16H20F4N2. The molecule has 1 saturated heterocycles. The number of nitrogens with one attached hydrogen (secondary N) is 2. The predicted octanol–water partition coefficient (Wildman–Crippen LogP) is 3.57. The lowest BCUT2D eigenvalue weighted by molar-refractivity contribution is -0.140. The minimum absolute atomic E-state index is 0.375. The lowest BCUT2D eigenvalue weighted by Crippen LogP contribution is -2.51. The van der Waals surface area contributed by atoms with Gasteiger partial charge in [0.15, 0.2) is 0 Å². The summed E-state index contributed by atoms with van der Waals surface area (Å²) in [4.78, 5) is 0. The molecule has 0 unspecified atom stereocenters. The number of rotatable bonds is 4. The number of alkyl halides is 3. The molecule has 0 amide bonds. The van der Waals surface area contributed by atoms with Gasteiger partial charge in [0, 0.05) is 18.1 Å². The van der Waals surface area contributed by atoms with E-state index < -0.39 is 23.1 Å². The summed E-state index contributed by atoms with van der Waals surface area (Å²) in [7, 11) is 0. The minimum Gasteiger partial charge on any atom is -0.313 e. The van der Waals surface area contributed by atoms with Crippen molar-refractivity contribution in [1.82, 2.24) is 10.6 Å². The van der Waals surface area contributed by atoms with Crippen LogP contribution in [-0.2, 0) is 11.7 Å². The molecule has 6 heteroatoms. The van der Waals surface area contributed by atoms with Gasteiger partial charge in [-0.05, 0) is 56.3 Å². The third-order valence-corrected chi connectivity index (χ3v) is 4.88. The summed E-state index contributed by atoms with van der Waals surface area (Å²) in [5.41, 5.74) is -1.06. The second kappa shape index (κ2) is 5.81. The Morgan fingerprint density at radius 3 is 2.55 bits per heavy atom. The van der Waals surface area contributed by atoms with Crippen LogP contribution >= 0.6 is 0 Å². The molecule has 2 nitrogen and oxygen atoms in total. The number of hydrogen-bond donors (Lipinski definition) is 2. The monoisotopic (exact) mass is 316 g/mol. The average molecular weight is 316 g/mol. The van der Waals surface area contributed by atoms with E-state index in [1.165, 1.54) is 6.07 Å². The first-order valence-corrected chi connectivity index (χ1v) is 7.76. The van der Waals surface area contributed by atoms with Crippen LogP contribution < -0.4 is 10.6 Å². The third kappa shape index (κ3) is 2.99. The topological polar surface area (TPSA) is 24.1 Å². The Labute approximate surface area is 127 Å². The van der Waals surface area contributed by atoms with Crippen LogP contribution in [0.4, 0.5) is 17.6 Å². The first-order valence-electron chi connectivity index (χ1n) is 7.76. The van der Waals surface area contributed by atoms with E-state index in [-0.39, 0.29) is 0 Å². The largest absolute Gasteiger partial charge is 0.419 e. The molecule has 0 radical (unpaired) electrons. The van der Waals surface area contributed by atoms with Crippen molar-refractivity contribution in [2.75, 3.05) is 13.1 Å². The van der Waals surface area contributed by atoms with E-state index in [4.69, 9.17) is 0 Å². The molecule has 1 aliphatic heterocycles. The number of halogens is 4. The van der Waals surface area contributed by atoms with Crippen molar-refractivity contribution in [1.29, 1.82) is 0 Å². The Hall–Kier alpha value is -1.14. The van der Waals surface area contributed by atoms with Gasteiger partial charge < -0.3 is 10.6 Å². The van der Waals surface area contributed by atoms with Crippen LogP contribution in [0.5, 0.6) is 0 Å². The Morgan fingerprint density at radius 2 is 2.00 bits per heavy atom. The van der Waals surface area contributed by atoms with Gasteiger partial charge in [-0.25, -0.2) is 4.39 Å². The highest BCUT2D eigenvalue weighted by atomic mass is 19.4. The van der Waals surface area contributed by atoms with E-state index in [0.717, 1.165) is 57.3 Å². The summed E-state index contributed by atoms with van der Waals surface area (Å²) in [6.45, 7) is 1.73. The molecule has 0 spiro atoms. The van der Waals surface area contributed by atoms with Crippen molar-refractivity contribution >= 4 is 0 Å². The van der Waals surface area contributed by atoms with Gasteiger partial charge in [0.1, 0.15) is 5.82 Å². The standard InChI is InChI=1S/C16H20F4N2/c17-14-5-4-11(9-13(14)16(18,19)20)15(6-2-7-15)22-10-12-3-1-8-21-12/h4-5,9,12,21-22H,1-3,6-8,10H2/t12-/m1/s1. The van der Waals surface area contributed by atoms with E-state index in [0.29, 0.717) is 11.6 Å². The van der Waals surface area contributed by atoms with Crippen molar-refractivity contribution in [3.63, 3.8) is 0 Å². The number of benzene rings is 1. The van der Waals surface area contributed by atoms with E-state index in [9.17, 15) is 17.6 Å². The van der Waals surface area contributed by atoms with Crippen LogP contribution in [0, 0.1) is 5.82 Å². The maximum absolute atomic E-state index is 13.5. The van der Waals surface area contributed by atoms with Gasteiger partial charge in [0.05, 0.1) is 5.56 Å². The lowest BCUT2D eigenvalue weighted by Gasteiger charge is -2.44. The average Bonchev–Trinajstić information content (AvgIpc) is 2.91. The smallest absolute Gasteiger partial charge is 0.313 e. The van der Waals surface area contributed by atoms with E-state index in [1.54, 1.807) is 0 Å². The second-order valence-electron chi connectivity index (χ2n) is 6.30. The quantitative estimate of drug-likeness (QED) is 0.830. The summed E-state index contributed by atoms with van der Waals surface area (Å²) < 4.78 is 52.2. The molecule has 22 heavy (non-hydrogen) atoms. The SMILES string of the molecule is Fc1ccc(C2(NC[C@H]3CCCN3)CCC2)cc1C(F)(F)F. The zero-order valence-electron chi connectivity index (χ0n) is 12.3. The molecule has 1 atom stereocenters. The van der Waals surface area contributed by atoms with Crippen LogP contribution in [0.15, 0.2) is 18.2 Å². The van der Waals surface area contributed by atoms with Crippen LogP contribution in [0.3, 0.4) is 0 Å². The van der Waals surface area contributed by atoms with Crippen molar-refractivity contribution in [2.24, 2.45) is 0 Å². The van der Waals surface area contributed by atoms with Gasteiger partial charge in [-0.3, -0.25) is 0 Å². The minimum atomic E-state index is -4.65. The van der Waals surface area contributed by atoms with Gasteiger partial charge in [0.2, 0.25) is 0 Å². The molecule has 1 aliphatic carbocycles. The summed E-state index contributed by atoms with van der Waals surface area (Å²) >= 11 is 0. The lowest BCUT2D eigenvalue weighted by atomic mass is 9.71. The molecule has 2 N–H and O–H groups in total. The summed E-state index contributed by atoms with van der Waals surface area (Å²) in [5, 5.41) is 6.81. The van der Waals surface area contributed by atoms with Crippen molar-refractivity contribution in [3.8, 4) is 0 Å². The Bertz CT molecular complexity index is 531. The molecule has 2 aliphatic rings. The van der Waals surface area contributed by atoms with Crippen LogP contribution in [0.1, 0.15) is 43.2 Å². The van der Waals surface area contributed by atoms with Gasteiger partial charge in [-0.2, -0.15) is 13.2 Å². The highest BCUT2D eigenvalue weighted by Gasteiger charge is 2.41. The molecule has 3 rings (SSSR count). The van der Waals surface area contributed by atoms with Crippen molar-refractivity contribution in [3.05, 3.63) is 35.1 Å². The van der Waals surface area contributed by atoms with E-state index >= 15 is 0 Å². The molecule has 122 valence electrons. The van der Waals surface area contributed by atoms with Gasteiger partial charge in [-0.1, -0.05) is 6.07 Å². The molecule has 1 aromatic rings. The first kappa shape index (κ1) is 15.7. The molecule has 1 saturated carbocycles. The van der Waals surface area contributed by atoms with Crippen LogP contribution in [0.2, 0.25) is 0 Å². The van der Waals surface area contributed by atoms with Gasteiger partial charge in [0.25, 0.3) is 0 Å². The van der Waals surface area contributed by atoms with Crippen LogP contribution in [0.25, 0.3) is 0 Å². The van der Waals surface area contributed by atoms with Gasteiger partial charge >= 0.3 is 6.18 Å². The van der Waals surface area contributed by atoms with E-state index in [1.807, 2.05) is 0 Å². The summed E-state index contributed by atoms with van der Waals surface area (Å²) in [6.07, 6.45) is 0.127. The fourth-order valence-electron chi connectivity index (χ4n) is 3.39.